The van der Waals surface area contributed by atoms with E-state index in [0.29, 0.717) is 25.6 Å². The van der Waals surface area contributed by atoms with E-state index in [2.05, 4.69) is 15.3 Å². The van der Waals surface area contributed by atoms with Crippen LogP contribution in [0.15, 0.2) is 6.20 Å². The van der Waals surface area contributed by atoms with Gasteiger partial charge in [-0.3, -0.25) is 0 Å². The molecule has 1 aromatic heterocycles. The standard InChI is InChI=1S/C10H17FN4O/c1-4-12-10-13-7-8(11)9(14-10)16-6-5-15(2)3/h7H,4-6H2,1-3H3,(H,12,13,14). The predicted octanol–water partition coefficient (Wildman–Crippen LogP) is 0.988. The van der Waals surface area contributed by atoms with Gasteiger partial charge in [0.1, 0.15) is 6.61 Å². The van der Waals surface area contributed by atoms with Crippen LogP contribution < -0.4 is 10.1 Å². The molecule has 6 heteroatoms. The summed E-state index contributed by atoms with van der Waals surface area (Å²) in [5.74, 6) is -0.169. The monoisotopic (exact) mass is 228 g/mol. The van der Waals surface area contributed by atoms with Gasteiger partial charge in [0.25, 0.3) is 5.88 Å². The van der Waals surface area contributed by atoms with E-state index in [4.69, 9.17) is 4.74 Å². The minimum absolute atomic E-state index is 0.00667. The highest BCUT2D eigenvalue weighted by Crippen LogP contribution is 2.14. The minimum atomic E-state index is -0.541. The second kappa shape index (κ2) is 6.22. The van der Waals surface area contributed by atoms with E-state index >= 15 is 0 Å². The van der Waals surface area contributed by atoms with Crippen molar-refractivity contribution >= 4 is 5.95 Å². The summed E-state index contributed by atoms with van der Waals surface area (Å²) in [5, 5.41) is 2.90. The van der Waals surface area contributed by atoms with Gasteiger partial charge in [0.05, 0.1) is 6.20 Å². The van der Waals surface area contributed by atoms with Gasteiger partial charge in [-0.05, 0) is 21.0 Å². The molecule has 0 aliphatic carbocycles. The molecular formula is C10H17FN4O. The van der Waals surface area contributed by atoms with Crippen molar-refractivity contribution in [1.29, 1.82) is 0 Å². The van der Waals surface area contributed by atoms with E-state index in [1.165, 1.54) is 0 Å². The summed E-state index contributed by atoms with van der Waals surface area (Å²) >= 11 is 0. The number of nitrogens with zero attached hydrogens (tertiary/aromatic N) is 3. The van der Waals surface area contributed by atoms with Gasteiger partial charge in [-0.25, -0.2) is 4.98 Å². The Balaban J connectivity index is 2.59. The number of anilines is 1. The van der Waals surface area contributed by atoms with E-state index in [1.807, 2.05) is 25.9 Å². The highest BCUT2D eigenvalue weighted by Gasteiger charge is 2.07. The first-order chi connectivity index (χ1) is 7.63. The van der Waals surface area contributed by atoms with Crippen LogP contribution >= 0.6 is 0 Å². The summed E-state index contributed by atoms with van der Waals surface area (Å²) in [7, 11) is 3.84. The van der Waals surface area contributed by atoms with Gasteiger partial charge in [0.2, 0.25) is 11.8 Å². The van der Waals surface area contributed by atoms with E-state index < -0.39 is 5.82 Å². The van der Waals surface area contributed by atoms with Crippen LogP contribution in [0.5, 0.6) is 5.88 Å². The lowest BCUT2D eigenvalue weighted by Crippen LogP contribution is -2.20. The molecule has 0 spiro atoms. The molecule has 1 aromatic rings. The second-order valence-corrected chi connectivity index (χ2v) is 3.53. The van der Waals surface area contributed by atoms with Crippen LogP contribution in [0.1, 0.15) is 6.92 Å². The maximum Gasteiger partial charge on any atom is 0.255 e. The zero-order chi connectivity index (χ0) is 12.0. The lowest BCUT2D eigenvalue weighted by Gasteiger charge is -2.11. The number of ether oxygens (including phenoxy) is 1. The molecule has 90 valence electrons. The molecule has 0 aliphatic heterocycles. The smallest absolute Gasteiger partial charge is 0.255 e. The molecule has 5 nitrogen and oxygen atoms in total. The van der Waals surface area contributed by atoms with Crippen molar-refractivity contribution in [2.45, 2.75) is 6.92 Å². The van der Waals surface area contributed by atoms with Crippen molar-refractivity contribution in [3.05, 3.63) is 12.0 Å². The molecule has 0 aliphatic rings. The fourth-order valence-electron chi connectivity index (χ4n) is 1.02. The molecule has 1 rings (SSSR count). The number of aromatic nitrogens is 2. The maximum absolute atomic E-state index is 13.2. The van der Waals surface area contributed by atoms with Crippen molar-refractivity contribution in [3.63, 3.8) is 0 Å². The largest absolute Gasteiger partial charge is 0.474 e. The molecule has 0 unspecified atom stereocenters. The minimum Gasteiger partial charge on any atom is -0.474 e. The first-order valence-corrected chi connectivity index (χ1v) is 5.17. The highest BCUT2D eigenvalue weighted by molar-refractivity contribution is 5.27. The lowest BCUT2D eigenvalue weighted by atomic mass is 10.5. The Morgan fingerprint density at radius 2 is 2.25 bits per heavy atom. The zero-order valence-electron chi connectivity index (χ0n) is 9.83. The Hall–Kier alpha value is -1.43. The summed E-state index contributed by atoms with van der Waals surface area (Å²) < 4.78 is 18.5. The zero-order valence-corrected chi connectivity index (χ0v) is 9.83. The predicted molar refractivity (Wildman–Crippen MR) is 60.2 cm³/mol. The van der Waals surface area contributed by atoms with Gasteiger partial charge in [-0.15, -0.1) is 0 Å². The van der Waals surface area contributed by atoms with Gasteiger partial charge >= 0.3 is 0 Å². The quantitative estimate of drug-likeness (QED) is 0.786. The molecule has 0 atom stereocenters. The number of rotatable bonds is 6. The van der Waals surface area contributed by atoms with E-state index in [9.17, 15) is 4.39 Å². The van der Waals surface area contributed by atoms with Gasteiger partial charge in [-0.1, -0.05) is 0 Å². The van der Waals surface area contributed by atoms with Crippen LogP contribution in [0.2, 0.25) is 0 Å². The third-order valence-electron chi connectivity index (χ3n) is 1.82. The van der Waals surface area contributed by atoms with Crippen molar-refractivity contribution < 1.29 is 9.13 Å². The Bertz CT molecular complexity index is 333. The van der Waals surface area contributed by atoms with E-state index in [0.717, 1.165) is 6.20 Å². The molecule has 0 amide bonds. The van der Waals surface area contributed by atoms with Crippen LogP contribution in [0, 0.1) is 5.82 Å². The number of nitrogens with one attached hydrogen (secondary N) is 1. The van der Waals surface area contributed by atoms with Crippen LogP contribution in [-0.2, 0) is 0 Å². The molecule has 0 bridgehead atoms. The van der Waals surface area contributed by atoms with E-state index in [-0.39, 0.29) is 5.88 Å². The molecule has 0 fully saturated rings. The summed E-state index contributed by atoms with van der Waals surface area (Å²) in [6.07, 6.45) is 1.11. The van der Waals surface area contributed by atoms with Gasteiger partial charge in [-0.2, -0.15) is 9.37 Å². The Morgan fingerprint density at radius 1 is 1.50 bits per heavy atom. The van der Waals surface area contributed by atoms with Crippen LogP contribution in [0.3, 0.4) is 0 Å². The Morgan fingerprint density at radius 3 is 2.88 bits per heavy atom. The average molecular weight is 228 g/mol. The first-order valence-electron chi connectivity index (χ1n) is 5.17. The molecule has 0 aromatic carbocycles. The fraction of sp³-hybridized carbons (Fsp3) is 0.600. The Labute approximate surface area is 94.6 Å². The molecule has 0 saturated carbocycles. The van der Waals surface area contributed by atoms with Crippen molar-refractivity contribution in [2.75, 3.05) is 39.1 Å². The maximum atomic E-state index is 13.2. The molecular weight excluding hydrogens is 211 g/mol. The third kappa shape index (κ3) is 3.98. The Kier molecular flexibility index (Phi) is 4.91. The first kappa shape index (κ1) is 12.6. The summed E-state index contributed by atoms with van der Waals surface area (Å²) in [5.41, 5.74) is 0. The molecule has 1 N–H and O–H groups in total. The summed E-state index contributed by atoms with van der Waals surface area (Å²) in [4.78, 5) is 9.65. The lowest BCUT2D eigenvalue weighted by molar-refractivity contribution is 0.243. The SMILES string of the molecule is CCNc1ncc(F)c(OCCN(C)C)n1. The van der Waals surface area contributed by atoms with Gasteiger partial charge in [0, 0.05) is 13.1 Å². The molecule has 0 saturated heterocycles. The highest BCUT2D eigenvalue weighted by atomic mass is 19.1. The molecule has 16 heavy (non-hydrogen) atoms. The topological polar surface area (TPSA) is 50.3 Å². The third-order valence-corrected chi connectivity index (χ3v) is 1.82. The fourth-order valence-corrected chi connectivity index (χ4v) is 1.02. The second-order valence-electron chi connectivity index (χ2n) is 3.53. The van der Waals surface area contributed by atoms with Crippen molar-refractivity contribution in [3.8, 4) is 5.88 Å². The number of halogens is 1. The van der Waals surface area contributed by atoms with Gasteiger partial charge < -0.3 is 15.0 Å². The normalized spacial score (nSPS) is 10.6. The number of hydrogen-bond donors (Lipinski definition) is 1. The molecule has 1 heterocycles. The van der Waals surface area contributed by atoms with Crippen LogP contribution in [-0.4, -0.2) is 48.7 Å². The average Bonchev–Trinajstić information content (AvgIpc) is 2.22. The van der Waals surface area contributed by atoms with Crippen molar-refractivity contribution in [1.82, 2.24) is 14.9 Å². The van der Waals surface area contributed by atoms with Crippen molar-refractivity contribution in [2.24, 2.45) is 0 Å². The van der Waals surface area contributed by atoms with E-state index in [1.54, 1.807) is 0 Å². The number of likely N-dealkylation sites (N-methyl/N-ethyl adjacent to an activating group) is 1. The molecule has 0 radical (unpaired) electrons. The number of hydrogen-bond acceptors (Lipinski definition) is 5. The van der Waals surface area contributed by atoms with Crippen LogP contribution in [0.25, 0.3) is 0 Å². The van der Waals surface area contributed by atoms with Gasteiger partial charge in [0.15, 0.2) is 0 Å². The van der Waals surface area contributed by atoms with Crippen LogP contribution in [0.4, 0.5) is 10.3 Å². The summed E-state index contributed by atoms with van der Waals surface area (Å²) in [6, 6.07) is 0. The summed E-state index contributed by atoms with van der Waals surface area (Å²) in [6.45, 7) is 3.70.